The Morgan fingerprint density at radius 1 is 1.19 bits per heavy atom. The van der Waals surface area contributed by atoms with Gasteiger partial charge in [-0.05, 0) is 67.9 Å². The van der Waals surface area contributed by atoms with Crippen LogP contribution in [0.3, 0.4) is 0 Å². The van der Waals surface area contributed by atoms with E-state index in [1.165, 1.54) is 18.6 Å². The summed E-state index contributed by atoms with van der Waals surface area (Å²) in [6, 6.07) is 4.15. The summed E-state index contributed by atoms with van der Waals surface area (Å²) >= 11 is 5.87. The molecular formula is C26H29ClF4N4O2. The molecule has 2 saturated carbocycles. The van der Waals surface area contributed by atoms with Gasteiger partial charge in [0.05, 0.1) is 30.4 Å². The van der Waals surface area contributed by atoms with Crippen LogP contribution in [0, 0.1) is 23.6 Å². The van der Waals surface area contributed by atoms with Crippen molar-refractivity contribution in [3.8, 4) is 5.75 Å². The Morgan fingerprint density at radius 3 is 2.51 bits per heavy atom. The van der Waals surface area contributed by atoms with Gasteiger partial charge in [-0.3, -0.25) is 4.79 Å². The number of amides is 1. The van der Waals surface area contributed by atoms with Crippen molar-refractivity contribution >= 4 is 23.5 Å². The summed E-state index contributed by atoms with van der Waals surface area (Å²) in [7, 11) is 0. The molecule has 1 aromatic heterocycles. The second-order valence-corrected chi connectivity index (χ2v) is 10.8. The topological polar surface area (TPSA) is 67.3 Å². The number of hydrogen-bond acceptors (Lipinski definition) is 5. The highest BCUT2D eigenvalue weighted by Crippen LogP contribution is 2.50. The lowest BCUT2D eigenvalue weighted by molar-refractivity contribution is -0.170. The number of hydrogen-bond donors (Lipinski definition) is 1. The first-order chi connectivity index (χ1) is 17.6. The van der Waals surface area contributed by atoms with E-state index in [1.807, 2.05) is 5.32 Å². The van der Waals surface area contributed by atoms with Crippen LogP contribution in [0.15, 0.2) is 30.6 Å². The molecule has 0 unspecified atom stereocenters. The maximum atomic E-state index is 14.5. The summed E-state index contributed by atoms with van der Waals surface area (Å²) < 4.78 is 59.2. The molecule has 2 heterocycles. The summed E-state index contributed by atoms with van der Waals surface area (Å²) in [6.45, 7) is 2.31. The van der Waals surface area contributed by atoms with Crippen molar-refractivity contribution in [3.05, 3.63) is 47.0 Å². The number of anilines is 1. The molecule has 2 aliphatic carbocycles. The van der Waals surface area contributed by atoms with Gasteiger partial charge in [-0.1, -0.05) is 17.7 Å². The van der Waals surface area contributed by atoms with E-state index in [1.54, 1.807) is 18.5 Å². The van der Waals surface area contributed by atoms with Crippen molar-refractivity contribution < 1.29 is 27.1 Å². The summed E-state index contributed by atoms with van der Waals surface area (Å²) in [5.41, 5.74) is -2.10. The third kappa shape index (κ3) is 6.10. The molecule has 200 valence electrons. The molecular weight excluding hydrogens is 512 g/mol. The monoisotopic (exact) mass is 540 g/mol. The van der Waals surface area contributed by atoms with Crippen LogP contribution in [0.5, 0.6) is 5.75 Å². The molecule has 0 radical (unpaired) electrons. The first-order valence-electron chi connectivity index (χ1n) is 12.6. The van der Waals surface area contributed by atoms with Gasteiger partial charge in [-0.15, -0.1) is 0 Å². The molecule has 1 aromatic carbocycles. The van der Waals surface area contributed by atoms with Crippen molar-refractivity contribution in [1.29, 1.82) is 0 Å². The standard InChI is InChI=1S/C26H29ClF4N4O2/c27-19-14-32-24(33-15-19)35-8-3-16(4-9-35)21-11-17(21)5-10-37-20-2-1-18(22(28)13-20)12-23(36)34-25(6-7-25)26(29,30)31/h1-2,13-17,21H,3-12H2,(H,34,36)/t17-,21-/m1/s1. The fourth-order valence-corrected chi connectivity index (χ4v) is 5.45. The number of rotatable bonds is 9. The van der Waals surface area contributed by atoms with E-state index < -0.39 is 29.9 Å². The lowest BCUT2D eigenvalue weighted by Gasteiger charge is -2.32. The molecule has 6 nitrogen and oxygen atoms in total. The van der Waals surface area contributed by atoms with Gasteiger partial charge in [0.25, 0.3) is 0 Å². The first-order valence-corrected chi connectivity index (χ1v) is 13.0. The lowest BCUT2D eigenvalue weighted by Crippen LogP contribution is -2.48. The predicted molar refractivity (Wildman–Crippen MR) is 130 cm³/mol. The number of carbonyl (C=O) groups is 1. The van der Waals surface area contributed by atoms with E-state index in [4.69, 9.17) is 16.3 Å². The van der Waals surface area contributed by atoms with Gasteiger partial charge < -0.3 is 15.0 Å². The molecule has 1 saturated heterocycles. The zero-order chi connectivity index (χ0) is 26.2. The number of aromatic nitrogens is 2. The fourth-order valence-electron chi connectivity index (χ4n) is 5.35. The van der Waals surface area contributed by atoms with Crippen LogP contribution in [0.2, 0.25) is 5.02 Å². The van der Waals surface area contributed by atoms with Crippen LogP contribution >= 0.6 is 11.6 Å². The third-order valence-electron chi connectivity index (χ3n) is 7.82. The molecule has 5 rings (SSSR count). The number of alkyl halides is 3. The minimum Gasteiger partial charge on any atom is -0.493 e. The molecule has 1 N–H and O–H groups in total. The van der Waals surface area contributed by atoms with E-state index in [-0.39, 0.29) is 18.4 Å². The average Bonchev–Trinajstić information content (AvgIpc) is 3.78. The average molecular weight is 541 g/mol. The molecule has 2 aromatic rings. The van der Waals surface area contributed by atoms with Crippen molar-refractivity contribution in [2.75, 3.05) is 24.6 Å². The molecule has 2 atom stereocenters. The Hall–Kier alpha value is -2.62. The van der Waals surface area contributed by atoms with E-state index in [2.05, 4.69) is 14.9 Å². The van der Waals surface area contributed by atoms with Gasteiger partial charge >= 0.3 is 6.18 Å². The Balaban J connectivity index is 1.02. The van der Waals surface area contributed by atoms with E-state index in [9.17, 15) is 22.4 Å². The van der Waals surface area contributed by atoms with Crippen LogP contribution in [0.25, 0.3) is 0 Å². The number of nitrogens with zero attached hydrogens (tertiary/aromatic N) is 3. The summed E-state index contributed by atoms with van der Waals surface area (Å²) in [5.74, 6) is 1.52. The van der Waals surface area contributed by atoms with Crippen LogP contribution in [0.4, 0.5) is 23.5 Å². The number of nitrogens with one attached hydrogen (secondary N) is 1. The zero-order valence-electron chi connectivity index (χ0n) is 20.2. The zero-order valence-corrected chi connectivity index (χ0v) is 21.0. The highest BCUT2D eigenvalue weighted by atomic mass is 35.5. The molecule has 11 heteroatoms. The van der Waals surface area contributed by atoms with Crippen LogP contribution in [0.1, 0.15) is 44.1 Å². The van der Waals surface area contributed by atoms with Gasteiger partial charge in [0.15, 0.2) is 0 Å². The van der Waals surface area contributed by atoms with Crippen LogP contribution in [-0.2, 0) is 11.2 Å². The van der Waals surface area contributed by atoms with Crippen molar-refractivity contribution in [2.45, 2.75) is 56.7 Å². The van der Waals surface area contributed by atoms with Crippen molar-refractivity contribution in [3.63, 3.8) is 0 Å². The minimum atomic E-state index is -4.50. The van der Waals surface area contributed by atoms with E-state index >= 15 is 0 Å². The van der Waals surface area contributed by atoms with Crippen LogP contribution in [-0.4, -0.2) is 47.3 Å². The molecule has 37 heavy (non-hydrogen) atoms. The minimum absolute atomic E-state index is 0.0421. The van der Waals surface area contributed by atoms with Crippen molar-refractivity contribution in [2.24, 2.45) is 17.8 Å². The maximum Gasteiger partial charge on any atom is 0.411 e. The molecule has 1 amide bonds. The van der Waals surface area contributed by atoms with Gasteiger partial charge in [-0.25, -0.2) is 14.4 Å². The highest BCUT2D eigenvalue weighted by molar-refractivity contribution is 6.30. The fraction of sp³-hybridized carbons (Fsp3) is 0.577. The Kier molecular flexibility index (Phi) is 7.22. The molecule has 0 spiro atoms. The molecule has 1 aliphatic heterocycles. The Bertz CT molecular complexity index is 1120. The van der Waals surface area contributed by atoms with Crippen LogP contribution < -0.4 is 15.0 Å². The maximum absolute atomic E-state index is 14.5. The number of ether oxygens (including phenoxy) is 1. The Morgan fingerprint density at radius 2 is 1.89 bits per heavy atom. The second kappa shape index (κ2) is 10.3. The Labute approximate surface area is 217 Å². The first kappa shape index (κ1) is 26.0. The SMILES string of the molecule is O=C(Cc1ccc(OCC[C@@H]2C[C@@H]2C2CCN(c3ncc(Cl)cn3)CC2)cc1F)NC1(C(F)(F)F)CC1. The number of carbonyl (C=O) groups excluding carboxylic acids is 1. The third-order valence-corrected chi connectivity index (χ3v) is 8.01. The second-order valence-electron chi connectivity index (χ2n) is 10.4. The number of benzene rings is 1. The predicted octanol–water partition coefficient (Wildman–Crippen LogP) is 5.34. The largest absolute Gasteiger partial charge is 0.493 e. The quantitative estimate of drug-likeness (QED) is 0.435. The van der Waals surface area contributed by atoms with E-state index in [0.29, 0.717) is 35.1 Å². The van der Waals surface area contributed by atoms with Gasteiger partial charge in [0.2, 0.25) is 11.9 Å². The van der Waals surface area contributed by atoms with Crippen molar-refractivity contribution in [1.82, 2.24) is 15.3 Å². The van der Waals surface area contributed by atoms with Gasteiger partial charge in [0.1, 0.15) is 17.1 Å². The molecule has 0 bridgehead atoms. The van der Waals surface area contributed by atoms with Gasteiger partial charge in [0, 0.05) is 19.2 Å². The number of piperidine rings is 1. The molecule has 3 fully saturated rings. The summed E-state index contributed by atoms with van der Waals surface area (Å²) in [4.78, 5) is 22.8. The van der Waals surface area contributed by atoms with Gasteiger partial charge in [-0.2, -0.15) is 13.2 Å². The lowest BCUT2D eigenvalue weighted by atomic mass is 9.90. The summed E-state index contributed by atoms with van der Waals surface area (Å²) in [5, 5.41) is 2.55. The molecule has 3 aliphatic rings. The highest BCUT2D eigenvalue weighted by Gasteiger charge is 2.64. The normalized spacial score (nSPS) is 23.0. The smallest absolute Gasteiger partial charge is 0.411 e. The summed E-state index contributed by atoms with van der Waals surface area (Å²) in [6.07, 6.45) is 2.25. The van der Waals surface area contributed by atoms with E-state index in [0.717, 1.165) is 38.3 Å². The number of halogens is 5.